The summed E-state index contributed by atoms with van der Waals surface area (Å²) in [5.41, 5.74) is 0. The fraction of sp³-hybridized carbons (Fsp3) is 0.583. The highest BCUT2D eigenvalue weighted by molar-refractivity contribution is 9.11. The first kappa shape index (κ1) is 14.7. The molecule has 5 heteroatoms. The summed E-state index contributed by atoms with van der Waals surface area (Å²) in [6.07, 6.45) is 0.578. The van der Waals surface area contributed by atoms with Crippen LogP contribution in [0.2, 0.25) is 0 Å². The molecule has 0 saturated carbocycles. The molecule has 1 rings (SSSR count). The van der Waals surface area contributed by atoms with Crippen LogP contribution in [-0.2, 0) is 11.3 Å². The second-order valence-corrected chi connectivity index (χ2v) is 6.26. The van der Waals surface area contributed by atoms with Gasteiger partial charge in [0.05, 0.1) is 10.3 Å². The van der Waals surface area contributed by atoms with E-state index in [1.165, 1.54) is 4.88 Å². The minimum absolute atomic E-state index is 0.220. The molecule has 0 aliphatic heterocycles. The van der Waals surface area contributed by atoms with Crippen molar-refractivity contribution in [2.75, 3.05) is 19.6 Å². The van der Waals surface area contributed by atoms with Gasteiger partial charge in [-0.1, -0.05) is 6.92 Å². The van der Waals surface area contributed by atoms with Gasteiger partial charge in [-0.3, -0.25) is 4.79 Å². The van der Waals surface area contributed by atoms with E-state index in [2.05, 4.69) is 27.3 Å². The third-order valence-corrected chi connectivity index (χ3v) is 4.08. The van der Waals surface area contributed by atoms with E-state index in [4.69, 9.17) is 0 Å². The summed E-state index contributed by atoms with van der Waals surface area (Å²) in [6, 6.07) is 4.09. The van der Waals surface area contributed by atoms with Crippen molar-refractivity contribution >= 4 is 33.2 Å². The third kappa shape index (κ3) is 5.19. The summed E-state index contributed by atoms with van der Waals surface area (Å²) in [4.78, 5) is 15.1. The fourth-order valence-corrected chi connectivity index (χ4v) is 3.03. The monoisotopic (exact) mass is 318 g/mol. The Morgan fingerprint density at radius 2 is 2.24 bits per heavy atom. The van der Waals surface area contributed by atoms with E-state index >= 15 is 0 Å². The smallest absolute Gasteiger partial charge is 0.224 e. The van der Waals surface area contributed by atoms with Crippen LogP contribution < -0.4 is 5.32 Å². The summed E-state index contributed by atoms with van der Waals surface area (Å²) in [6.45, 7) is 7.23. The number of amides is 1. The van der Waals surface area contributed by atoms with Gasteiger partial charge in [0.15, 0.2) is 0 Å². The molecule has 0 bridgehead atoms. The molecule has 0 spiro atoms. The Labute approximate surface area is 115 Å². The Kier molecular flexibility index (Phi) is 6.77. The minimum Gasteiger partial charge on any atom is -0.338 e. The molecule has 1 aromatic heterocycles. The summed E-state index contributed by atoms with van der Waals surface area (Å²) in [5.74, 6) is 0.220. The van der Waals surface area contributed by atoms with Gasteiger partial charge < -0.3 is 10.2 Å². The number of halogens is 1. The van der Waals surface area contributed by atoms with Crippen molar-refractivity contribution in [3.63, 3.8) is 0 Å². The molecule has 1 amide bonds. The molecule has 0 radical (unpaired) electrons. The molecular formula is C12H19BrN2OS. The zero-order valence-electron chi connectivity index (χ0n) is 10.3. The van der Waals surface area contributed by atoms with Gasteiger partial charge in [0.25, 0.3) is 0 Å². The van der Waals surface area contributed by atoms with Gasteiger partial charge >= 0.3 is 0 Å². The number of thiophene rings is 1. The van der Waals surface area contributed by atoms with Gasteiger partial charge in [0, 0.05) is 24.4 Å². The van der Waals surface area contributed by atoms with Crippen LogP contribution >= 0.6 is 27.3 Å². The van der Waals surface area contributed by atoms with Crippen LogP contribution in [0.1, 0.15) is 25.1 Å². The Hall–Kier alpha value is -0.390. The lowest BCUT2D eigenvalue weighted by Crippen LogP contribution is -2.32. The molecule has 3 nitrogen and oxygen atoms in total. The maximum absolute atomic E-state index is 11.9. The predicted octanol–water partition coefficient (Wildman–Crippen LogP) is 2.86. The number of carbonyl (C=O) groups excluding carboxylic acids is 1. The molecule has 0 aliphatic carbocycles. The molecule has 0 unspecified atom stereocenters. The van der Waals surface area contributed by atoms with E-state index in [9.17, 15) is 4.79 Å². The number of hydrogen-bond donors (Lipinski definition) is 1. The van der Waals surface area contributed by atoms with Crippen molar-refractivity contribution in [1.29, 1.82) is 0 Å². The van der Waals surface area contributed by atoms with Crippen molar-refractivity contribution in [2.45, 2.75) is 26.8 Å². The SMILES string of the molecule is CCNCCC(=O)N(CC)Cc1ccc(Br)s1. The first-order chi connectivity index (χ1) is 8.17. The van der Waals surface area contributed by atoms with Crippen LogP contribution in [-0.4, -0.2) is 30.4 Å². The molecular weight excluding hydrogens is 300 g/mol. The number of nitrogens with zero attached hydrogens (tertiary/aromatic N) is 1. The summed E-state index contributed by atoms with van der Waals surface area (Å²) in [5, 5.41) is 3.17. The second kappa shape index (κ2) is 7.84. The van der Waals surface area contributed by atoms with Gasteiger partial charge in [-0.15, -0.1) is 11.3 Å². The molecule has 0 aliphatic rings. The first-order valence-corrected chi connectivity index (χ1v) is 7.51. The Morgan fingerprint density at radius 1 is 1.47 bits per heavy atom. The van der Waals surface area contributed by atoms with E-state index in [0.717, 1.165) is 30.0 Å². The standard InChI is InChI=1S/C12H19BrN2OS/c1-3-14-8-7-12(16)15(4-2)9-10-5-6-11(13)17-10/h5-6,14H,3-4,7-9H2,1-2H3. The number of nitrogens with one attached hydrogen (secondary N) is 1. The molecule has 0 aromatic carbocycles. The quantitative estimate of drug-likeness (QED) is 0.784. The molecule has 17 heavy (non-hydrogen) atoms. The highest BCUT2D eigenvalue weighted by atomic mass is 79.9. The zero-order chi connectivity index (χ0) is 12.7. The lowest BCUT2D eigenvalue weighted by Gasteiger charge is -2.20. The minimum atomic E-state index is 0.220. The molecule has 96 valence electrons. The maximum Gasteiger partial charge on any atom is 0.224 e. The second-order valence-electron chi connectivity index (χ2n) is 3.72. The van der Waals surface area contributed by atoms with Gasteiger partial charge in [0.1, 0.15) is 0 Å². The van der Waals surface area contributed by atoms with Crippen molar-refractivity contribution in [3.05, 3.63) is 20.8 Å². The van der Waals surface area contributed by atoms with Crippen LogP contribution in [0.3, 0.4) is 0 Å². The number of carbonyl (C=O) groups is 1. The molecule has 1 heterocycles. The highest BCUT2D eigenvalue weighted by Gasteiger charge is 2.12. The van der Waals surface area contributed by atoms with Crippen LogP contribution in [0.5, 0.6) is 0 Å². The molecule has 0 saturated heterocycles. The fourth-order valence-electron chi connectivity index (χ4n) is 1.53. The van der Waals surface area contributed by atoms with Gasteiger partial charge in [0.2, 0.25) is 5.91 Å². The topological polar surface area (TPSA) is 32.3 Å². The van der Waals surface area contributed by atoms with E-state index in [1.807, 2.05) is 24.8 Å². The largest absolute Gasteiger partial charge is 0.338 e. The predicted molar refractivity (Wildman–Crippen MR) is 76.3 cm³/mol. The van der Waals surface area contributed by atoms with E-state index in [-0.39, 0.29) is 5.91 Å². The van der Waals surface area contributed by atoms with Crippen LogP contribution in [0.15, 0.2) is 15.9 Å². The van der Waals surface area contributed by atoms with E-state index < -0.39 is 0 Å². The lowest BCUT2D eigenvalue weighted by atomic mass is 10.3. The van der Waals surface area contributed by atoms with Crippen molar-refractivity contribution in [3.8, 4) is 0 Å². The molecule has 0 atom stereocenters. The number of rotatable bonds is 7. The van der Waals surface area contributed by atoms with Gasteiger partial charge in [-0.25, -0.2) is 0 Å². The Morgan fingerprint density at radius 3 is 2.76 bits per heavy atom. The number of hydrogen-bond acceptors (Lipinski definition) is 3. The van der Waals surface area contributed by atoms with Crippen molar-refractivity contribution in [2.24, 2.45) is 0 Å². The summed E-state index contributed by atoms with van der Waals surface area (Å²) < 4.78 is 1.11. The van der Waals surface area contributed by atoms with E-state index in [1.54, 1.807) is 11.3 Å². The Bertz CT molecular complexity index is 354. The average molecular weight is 319 g/mol. The highest BCUT2D eigenvalue weighted by Crippen LogP contribution is 2.23. The van der Waals surface area contributed by atoms with Crippen LogP contribution in [0.25, 0.3) is 0 Å². The van der Waals surface area contributed by atoms with Gasteiger partial charge in [-0.2, -0.15) is 0 Å². The van der Waals surface area contributed by atoms with Gasteiger partial charge in [-0.05, 0) is 41.5 Å². The van der Waals surface area contributed by atoms with E-state index in [0.29, 0.717) is 6.42 Å². The normalized spacial score (nSPS) is 10.5. The summed E-state index contributed by atoms with van der Waals surface area (Å²) >= 11 is 5.12. The van der Waals surface area contributed by atoms with Crippen molar-refractivity contribution in [1.82, 2.24) is 10.2 Å². The van der Waals surface area contributed by atoms with Crippen LogP contribution in [0, 0.1) is 0 Å². The zero-order valence-corrected chi connectivity index (χ0v) is 12.7. The molecule has 1 aromatic rings. The summed E-state index contributed by atoms with van der Waals surface area (Å²) in [7, 11) is 0. The van der Waals surface area contributed by atoms with Crippen LogP contribution in [0.4, 0.5) is 0 Å². The first-order valence-electron chi connectivity index (χ1n) is 5.90. The third-order valence-electron chi connectivity index (χ3n) is 2.48. The molecule has 1 N–H and O–H groups in total. The lowest BCUT2D eigenvalue weighted by molar-refractivity contribution is -0.131. The molecule has 0 fully saturated rings. The average Bonchev–Trinajstić information content (AvgIpc) is 2.72. The Balaban J connectivity index is 2.44. The van der Waals surface area contributed by atoms with Crippen molar-refractivity contribution < 1.29 is 4.79 Å². The maximum atomic E-state index is 11.9.